The molecular weight excluding hydrogens is 393 g/mol. The number of rotatable bonds is 4. The van der Waals surface area contributed by atoms with Crippen LogP contribution in [-0.2, 0) is 10.1 Å². The second-order valence-corrected chi connectivity index (χ2v) is 7.67. The first-order valence-corrected chi connectivity index (χ1v) is 9.49. The molecule has 3 rings (SSSR count). The third-order valence-electron chi connectivity index (χ3n) is 3.81. The molecule has 5 nitrogen and oxygen atoms in total. The molecule has 0 N–H and O–H groups in total. The molecule has 0 aliphatic carbocycles. The third kappa shape index (κ3) is 4.14. The molecule has 0 unspecified atom stereocenters. The maximum Gasteiger partial charge on any atom is 0.534 e. The van der Waals surface area contributed by atoms with Crippen LogP contribution in [0.3, 0.4) is 0 Å². The number of halogens is 3. The maximum absolute atomic E-state index is 12.6. The monoisotopic (exact) mass is 408 g/mol. The standard InChI is InChI=1S/C19H15F3N2O3S/c1-12-5-3-7-14(9-12)17-18(15-8-4-6-13(2)10-15)24-16(11-23-17)27-28(25,26)19(20,21)22/h3-11H,1-2H3. The number of aryl methyl sites for hydroxylation is 2. The van der Waals surface area contributed by atoms with Crippen molar-refractivity contribution in [2.75, 3.05) is 0 Å². The molecule has 0 radical (unpaired) electrons. The lowest BCUT2D eigenvalue weighted by Gasteiger charge is -2.13. The summed E-state index contributed by atoms with van der Waals surface area (Å²) in [4.78, 5) is 8.17. The summed E-state index contributed by atoms with van der Waals surface area (Å²) in [7, 11) is -5.84. The van der Waals surface area contributed by atoms with Crippen LogP contribution in [0.5, 0.6) is 5.88 Å². The Bertz CT molecular complexity index is 1130. The van der Waals surface area contributed by atoms with Gasteiger partial charge in [-0.2, -0.15) is 21.6 Å². The Morgan fingerprint density at radius 2 is 1.43 bits per heavy atom. The van der Waals surface area contributed by atoms with Gasteiger partial charge in [0.2, 0.25) is 0 Å². The van der Waals surface area contributed by atoms with Gasteiger partial charge in [0.1, 0.15) is 5.69 Å². The molecule has 146 valence electrons. The van der Waals surface area contributed by atoms with Crippen molar-refractivity contribution in [2.45, 2.75) is 19.4 Å². The Hall–Kier alpha value is -2.94. The van der Waals surface area contributed by atoms with E-state index in [-0.39, 0.29) is 5.69 Å². The minimum absolute atomic E-state index is 0.212. The zero-order valence-corrected chi connectivity index (χ0v) is 15.7. The average molecular weight is 408 g/mol. The van der Waals surface area contributed by atoms with Gasteiger partial charge in [-0.1, -0.05) is 47.5 Å². The molecule has 0 spiro atoms. The van der Waals surface area contributed by atoms with Crippen LogP contribution in [0.2, 0.25) is 0 Å². The first-order valence-electron chi connectivity index (χ1n) is 8.09. The molecule has 0 saturated carbocycles. The van der Waals surface area contributed by atoms with E-state index < -0.39 is 21.5 Å². The largest absolute Gasteiger partial charge is 0.534 e. The van der Waals surface area contributed by atoms with Crippen LogP contribution in [-0.4, -0.2) is 23.9 Å². The van der Waals surface area contributed by atoms with Crippen LogP contribution in [0, 0.1) is 13.8 Å². The highest BCUT2D eigenvalue weighted by molar-refractivity contribution is 7.87. The number of hydrogen-bond donors (Lipinski definition) is 0. The number of aromatic nitrogens is 2. The zero-order valence-electron chi connectivity index (χ0n) is 14.9. The molecule has 28 heavy (non-hydrogen) atoms. The van der Waals surface area contributed by atoms with Gasteiger partial charge >= 0.3 is 15.6 Å². The number of alkyl halides is 3. The van der Waals surface area contributed by atoms with Crippen molar-refractivity contribution in [1.82, 2.24) is 9.97 Å². The van der Waals surface area contributed by atoms with Crippen molar-refractivity contribution in [1.29, 1.82) is 0 Å². The lowest BCUT2D eigenvalue weighted by Crippen LogP contribution is -2.28. The Labute approximate surface area is 160 Å². The van der Waals surface area contributed by atoms with Gasteiger partial charge in [-0.3, -0.25) is 0 Å². The predicted molar refractivity (Wildman–Crippen MR) is 98.0 cm³/mol. The maximum atomic E-state index is 12.6. The van der Waals surface area contributed by atoms with Gasteiger partial charge in [0.15, 0.2) is 0 Å². The number of benzene rings is 2. The predicted octanol–water partition coefficient (Wildman–Crippen LogP) is 4.66. The normalized spacial score (nSPS) is 12.0. The summed E-state index contributed by atoms with van der Waals surface area (Å²) in [5, 5.41) is 0. The summed E-state index contributed by atoms with van der Waals surface area (Å²) in [5.41, 5.74) is -1.85. The van der Waals surface area contributed by atoms with E-state index in [1.807, 2.05) is 38.1 Å². The third-order valence-corrected chi connectivity index (χ3v) is 4.77. The van der Waals surface area contributed by atoms with E-state index in [0.29, 0.717) is 16.8 Å². The van der Waals surface area contributed by atoms with E-state index in [4.69, 9.17) is 0 Å². The minimum Gasteiger partial charge on any atom is -0.354 e. The van der Waals surface area contributed by atoms with Crippen molar-refractivity contribution in [2.24, 2.45) is 0 Å². The smallest absolute Gasteiger partial charge is 0.354 e. The van der Waals surface area contributed by atoms with Crippen LogP contribution in [0.25, 0.3) is 22.5 Å². The van der Waals surface area contributed by atoms with Crippen LogP contribution >= 0.6 is 0 Å². The van der Waals surface area contributed by atoms with Crippen LogP contribution < -0.4 is 4.18 Å². The fraction of sp³-hybridized carbons (Fsp3) is 0.158. The second-order valence-electron chi connectivity index (χ2n) is 6.13. The first kappa shape index (κ1) is 19.8. The van der Waals surface area contributed by atoms with Gasteiger partial charge in [-0.25, -0.2) is 9.97 Å². The van der Waals surface area contributed by atoms with E-state index in [2.05, 4.69) is 14.2 Å². The van der Waals surface area contributed by atoms with Gasteiger partial charge in [-0.05, 0) is 26.0 Å². The average Bonchev–Trinajstić information content (AvgIpc) is 2.60. The lowest BCUT2D eigenvalue weighted by molar-refractivity contribution is -0.0501. The van der Waals surface area contributed by atoms with Crippen molar-refractivity contribution in [3.8, 4) is 28.4 Å². The summed E-state index contributed by atoms with van der Waals surface area (Å²) in [6.07, 6.45) is 0.861. The molecule has 1 heterocycles. The SMILES string of the molecule is Cc1cccc(-c2ncc(OS(=O)(=O)C(F)(F)F)nc2-c2cccc(C)c2)c1. The minimum atomic E-state index is -5.84. The second kappa shape index (κ2) is 7.23. The first-order chi connectivity index (χ1) is 13.1. The van der Waals surface area contributed by atoms with E-state index >= 15 is 0 Å². The van der Waals surface area contributed by atoms with E-state index in [0.717, 1.165) is 17.3 Å². The molecule has 0 saturated heterocycles. The molecular formula is C19H15F3N2O3S. The Morgan fingerprint density at radius 3 is 1.93 bits per heavy atom. The van der Waals surface area contributed by atoms with Crippen LogP contribution in [0.15, 0.2) is 54.7 Å². The van der Waals surface area contributed by atoms with Crippen LogP contribution in [0.1, 0.15) is 11.1 Å². The highest BCUT2D eigenvalue weighted by Gasteiger charge is 2.49. The summed E-state index contributed by atoms with van der Waals surface area (Å²) < 4.78 is 64.6. The fourth-order valence-corrected chi connectivity index (χ4v) is 2.97. The highest BCUT2D eigenvalue weighted by Crippen LogP contribution is 2.33. The van der Waals surface area contributed by atoms with E-state index in [1.54, 1.807) is 24.3 Å². The molecule has 0 atom stereocenters. The molecule has 1 aromatic heterocycles. The van der Waals surface area contributed by atoms with E-state index in [1.165, 1.54) is 0 Å². The lowest BCUT2D eigenvalue weighted by atomic mass is 10.0. The molecule has 0 bridgehead atoms. The molecule has 2 aromatic carbocycles. The molecule has 0 aliphatic rings. The number of hydrogen-bond acceptors (Lipinski definition) is 5. The summed E-state index contributed by atoms with van der Waals surface area (Å²) in [6.45, 7) is 3.73. The van der Waals surface area contributed by atoms with Gasteiger partial charge in [0.05, 0.1) is 11.9 Å². The topological polar surface area (TPSA) is 69.2 Å². The van der Waals surface area contributed by atoms with Gasteiger partial charge in [-0.15, -0.1) is 0 Å². The Kier molecular flexibility index (Phi) is 5.12. The Morgan fingerprint density at radius 1 is 0.893 bits per heavy atom. The van der Waals surface area contributed by atoms with Crippen molar-refractivity contribution >= 4 is 10.1 Å². The molecule has 0 aliphatic heterocycles. The molecule has 9 heteroatoms. The molecule has 0 amide bonds. The summed E-state index contributed by atoms with van der Waals surface area (Å²) in [5.74, 6) is -0.759. The van der Waals surface area contributed by atoms with Crippen LogP contribution in [0.4, 0.5) is 13.2 Å². The molecule has 0 fully saturated rings. The van der Waals surface area contributed by atoms with Crippen molar-refractivity contribution < 1.29 is 25.8 Å². The van der Waals surface area contributed by atoms with Gasteiger partial charge in [0, 0.05) is 11.1 Å². The van der Waals surface area contributed by atoms with Crippen molar-refractivity contribution in [3.05, 3.63) is 65.9 Å². The van der Waals surface area contributed by atoms with E-state index in [9.17, 15) is 21.6 Å². The summed E-state index contributed by atoms with van der Waals surface area (Å²) in [6, 6.07) is 14.4. The molecule has 3 aromatic rings. The van der Waals surface area contributed by atoms with Crippen molar-refractivity contribution in [3.63, 3.8) is 0 Å². The summed E-state index contributed by atoms with van der Waals surface area (Å²) >= 11 is 0. The highest BCUT2D eigenvalue weighted by atomic mass is 32.2. The van der Waals surface area contributed by atoms with Gasteiger partial charge in [0.25, 0.3) is 5.88 Å². The zero-order chi connectivity index (χ0) is 20.5. The quantitative estimate of drug-likeness (QED) is 0.464. The van der Waals surface area contributed by atoms with Gasteiger partial charge < -0.3 is 4.18 Å². The fourth-order valence-electron chi connectivity index (χ4n) is 2.57. The Balaban J connectivity index is 2.17. The number of nitrogens with zero attached hydrogens (tertiary/aromatic N) is 2.